The number of nitrogens with one attached hydrogen (secondary N) is 2. The fourth-order valence-electron chi connectivity index (χ4n) is 3.35. The van der Waals surface area contributed by atoms with Gasteiger partial charge in [-0.1, -0.05) is 30.3 Å². The number of pyridine rings is 1. The molecule has 1 aliphatic rings. The number of hydrogen-bond donors (Lipinski definition) is 2. The molecule has 27 heavy (non-hydrogen) atoms. The van der Waals surface area contributed by atoms with Crippen LogP contribution in [-0.4, -0.2) is 37.3 Å². The first-order valence-electron chi connectivity index (χ1n) is 9.09. The molecule has 0 aliphatic carbocycles. The third-order valence-corrected chi connectivity index (χ3v) is 4.71. The molecular formula is C21H22N4O2. The van der Waals surface area contributed by atoms with Gasteiger partial charge in [0.15, 0.2) is 0 Å². The molecular weight excluding hydrogens is 340 g/mol. The lowest BCUT2D eigenvalue weighted by molar-refractivity contribution is 0.122. The van der Waals surface area contributed by atoms with Crippen molar-refractivity contribution >= 4 is 28.2 Å². The van der Waals surface area contributed by atoms with Gasteiger partial charge in [0.1, 0.15) is 0 Å². The zero-order chi connectivity index (χ0) is 18.5. The smallest absolute Gasteiger partial charge is 0.319 e. The average Bonchev–Trinajstić information content (AvgIpc) is 2.73. The summed E-state index contributed by atoms with van der Waals surface area (Å²) >= 11 is 0. The van der Waals surface area contributed by atoms with Crippen LogP contribution >= 0.6 is 0 Å². The number of urea groups is 1. The molecule has 0 atom stereocenters. The lowest BCUT2D eigenvalue weighted by Crippen LogP contribution is -2.37. The number of anilines is 2. The number of amides is 2. The van der Waals surface area contributed by atoms with Gasteiger partial charge in [0.25, 0.3) is 0 Å². The maximum atomic E-state index is 12.4. The predicted molar refractivity (Wildman–Crippen MR) is 107 cm³/mol. The number of para-hydroxylation sites is 1. The molecule has 2 amide bonds. The van der Waals surface area contributed by atoms with Gasteiger partial charge in [-0.2, -0.15) is 0 Å². The zero-order valence-electron chi connectivity index (χ0n) is 15.0. The van der Waals surface area contributed by atoms with Gasteiger partial charge >= 0.3 is 6.03 Å². The van der Waals surface area contributed by atoms with Crippen LogP contribution in [0.3, 0.4) is 0 Å². The summed E-state index contributed by atoms with van der Waals surface area (Å²) in [7, 11) is 0. The molecule has 3 aromatic rings. The van der Waals surface area contributed by atoms with Crippen LogP contribution < -0.4 is 15.5 Å². The van der Waals surface area contributed by atoms with Crippen molar-refractivity contribution in [1.82, 2.24) is 10.3 Å². The van der Waals surface area contributed by atoms with E-state index in [9.17, 15) is 4.79 Å². The monoisotopic (exact) mass is 362 g/mol. The Labute approximate surface area is 158 Å². The van der Waals surface area contributed by atoms with Crippen LogP contribution in [0.5, 0.6) is 0 Å². The SMILES string of the molecule is O=C(NCc1ccccc1N1CCOCC1)Nc1cccc2cnccc12. The van der Waals surface area contributed by atoms with Gasteiger partial charge in [-0.15, -0.1) is 0 Å². The van der Waals surface area contributed by atoms with Crippen molar-refractivity contribution in [2.75, 3.05) is 36.5 Å². The Morgan fingerprint density at radius 2 is 1.93 bits per heavy atom. The maximum Gasteiger partial charge on any atom is 0.319 e. The molecule has 2 aromatic carbocycles. The molecule has 6 nitrogen and oxygen atoms in total. The van der Waals surface area contributed by atoms with Crippen LogP contribution in [0.25, 0.3) is 10.8 Å². The molecule has 138 valence electrons. The van der Waals surface area contributed by atoms with Gasteiger partial charge in [-0.25, -0.2) is 4.79 Å². The third-order valence-electron chi connectivity index (χ3n) is 4.71. The minimum atomic E-state index is -0.226. The molecule has 2 heterocycles. The molecule has 2 N–H and O–H groups in total. The fraction of sp³-hybridized carbons (Fsp3) is 0.238. The molecule has 1 fully saturated rings. The number of ether oxygens (including phenoxy) is 1. The van der Waals surface area contributed by atoms with E-state index >= 15 is 0 Å². The van der Waals surface area contributed by atoms with E-state index < -0.39 is 0 Å². The summed E-state index contributed by atoms with van der Waals surface area (Å²) in [4.78, 5) is 18.9. The summed E-state index contributed by atoms with van der Waals surface area (Å²) in [6.07, 6.45) is 3.51. The highest BCUT2D eigenvalue weighted by Gasteiger charge is 2.15. The fourth-order valence-corrected chi connectivity index (χ4v) is 3.35. The standard InChI is InChI=1S/C21H22N4O2/c26-21(24-19-6-3-5-16-14-22-9-8-18(16)19)23-15-17-4-1-2-7-20(17)25-10-12-27-13-11-25/h1-9,14H,10-13,15H2,(H2,23,24,26). The molecule has 6 heteroatoms. The molecule has 1 aliphatic heterocycles. The Morgan fingerprint density at radius 1 is 1.07 bits per heavy atom. The number of carbonyl (C=O) groups is 1. The normalized spacial score (nSPS) is 14.1. The second-order valence-electron chi connectivity index (χ2n) is 6.44. The van der Waals surface area contributed by atoms with Crippen molar-refractivity contribution in [2.45, 2.75) is 6.54 Å². The Bertz CT molecular complexity index is 933. The first-order chi connectivity index (χ1) is 13.3. The Balaban J connectivity index is 1.44. The second-order valence-corrected chi connectivity index (χ2v) is 6.44. The molecule has 0 spiro atoms. The summed E-state index contributed by atoms with van der Waals surface area (Å²) in [5.74, 6) is 0. The van der Waals surface area contributed by atoms with Gasteiger partial charge in [-0.05, 0) is 23.8 Å². The third kappa shape index (κ3) is 4.01. The van der Waals surface area contributed by atoms with Crippen molar-refractivity contribution in [1.29, 1.82) is 0 Å². The van der Waals surface area contributed by atoms with E-state index in [0.29, 0.717) is 6.54 Å². The Morgan fingerprint density at radius 3 is 2.81 bits per heavy atom. The van der Waals surface area contributed by atoms with Crippen molar-refractivity contribution in [3.8, 4) is 0 Å². The minimum Gasteiger partial charge on any atom is -0.378 e. The number of aromatic nitrogens is 1. The van der Waals surface area contributed by atoms with Crippen LogP contribution in [0.15, 0.2) is 60.9 Å². The largest absolute Gasteiger partial charge is 0.378 e. The van der Waals surface area contributed by atoms with Crippen LogP contribution in [0.1, 0.15) is 5.56 Å². The topological polar surface area (TPSA) is 66.5 Å². The average molecular weight is 362 g/mol. The van der Waals surface area contributed by atoms with Crippen LogP contribution in [0.4, 0.5) is 16.2 Å². The number of carbonyl (C=O) groups excluding carboxylic acids is 1. The van der Waals surface area contributed by atoms with Gasteiger partial charge in [0.2, 0.25) is 0 Å². The van der Waals surface area contributed by atoms with E-state index in [1.807, 2.05) is 36.4 Å². The number of benzene rings is 2. The Hall–Kier alpha value is -3.12. The van der Waals surface area contributed by atoms with Gasteiger partial charge < -0.3 is 20.3 Å². The molecule has 0 saturated carbocycles. The first-order valence-corrected chi connectivity index (χ1v) is 9.09. The summed E-state index contributed by atoms with van der Waals surface area (Å²) in [5, 5.41) is 7.87. The Kier molecular flexibility index (Phi) is 5.16. The number of hydrogen-bond acceptors (Lipinski definition) is 4. The van der Waals surface area contributed by atoms with Gasteiger partial charge in [-0.3, -0.25) is 4.98 Å². The predicted octanol–water partition coefficient (Wildman–Crippen LogP) is 3.39. The van der Waals surface area contributed by atoms with E-state index in [0.717, 1.165) is 54.0 Å². The minimum absolute atomic E-state index is 0.226. The maximum absolute atomic E-state index is 12.4. The molecule has 0 bridgehead atoms. The van der Waals surface area contributed by atoms with E-state index in [4.69, 9.17) is 4.74 Å². The van der Waals surface area contributed by atoms with Crippen molar-refractivity contribution in [3.05, 3.63) is 66.5 Å². The first kappa shape index (κ1) is 17.3. The quantitative estimate of drug-likeness (QED) is 0.747. The van der Waals surface area contributed by atoms with Crippen molar-refractivity contribution < 1.29 is 9.53 Å². The molecule has 0 radical (unpaired) electrons. The van der Waals surface area contributed by atoms with Gasteiger partial charge in [0.05, 0.1) is 18.9 Å². The van der Waals surface area contributed by atoms with Crippen LogP contribution in [0.2, 0.25) is 0 Å². The zero-order valence-corrected chi connectivity index (χ0v) is 15.0. The molecule has 1 aromatic heterocycles. The van der Waals surface area contributed by atoms with Crippen LogP contribution in [-0.2, 0) is 11.3 Å². The number of fused-ring (bicyclic) bond motifs is 1. The van der Waals surface area contributed by atoms with Crippen molar-refractivity contribution in [2.24, 2.45) is 0 Å². The van der Waals surface area contributed by atoms with Gasteiger partial charge in [0, 0.05) is 48.5 Å². The lowest BCUT2D eigenvalue weighted by Gasteiger charge is -2.30. The molecule has 1 saturated heterocycles. The van der Waals surface area contributed by atoms with E-state index in [1.54, 1.807) is 12.4 Å². The molecule has 4 rings (SSSR count). The van der Waals surface area contributed by atoms with E-state index in [1.165, 1.54) is 0 Å². The lowest BCUT2D eigenvalue weighted by atomic mass is 10.1. The second kappa shape index (κ2) is 8.05. The number of morpholine rings is 1. The summed E-state index contributed by atoms with van der Waals surface area (Å²) in [6, 6.07) is 15.6. The van der Waals surface area contributed by atoms with E-state index in [2.05, 4.69) is 32.7 Å². The summed E-state index contributed by atoms with van der Waals surface area (Å²) in [6.45, 7) is 3.67. The van der Waals surface area contributed by atoms with Crippen molar-refractivity contribution in [3.63, 3.8) is 0 Å². The molecule has 0 unspecified atom stereocenters. The van der Waals surface area contributed by atoms with E-state index in [-0.39, 0.29) is 6.03 Å². The number of rotatable bonds is 4. The highest BCUT2D eigenvalue weighted by Crippen LogP contribution is 2.23. The highest BCUT2D eigenvalue weighted by atomic mass is 16.5. The highest BCUT2D eigenvalue weighted by molar-refractivity contribution is 6.01. The summed E-state index contributed by atoms with van der Waals surface area (Å²) < 4.78 is 5.43. The van der Waals surface area contributed by atoms with Crippen LogP contribution in [0, 0.1) is 0 Å². The summed E-state index contributed by atoms with van der Waals surface area (Å²) in [5.41, 5.74) is 3.02. The number of nitrogens with zero attached hydrogens (tertiary/aromatic N) is 2.